The van der Waals surface area contributed by atoms with Crippen molar-refractivity contribution in [1.82, 2.24) is 5.06 Å². The van der Waals surface area contributed by atoms with Gasteiger partial charge in [0.1, 0.15) is 5.60 Å². The number of fused-ring (bicyclic) bond motifs is 1. The van der Waals surface area contributed by atoms with Crippen LogP contribution < -0.4 is 5.32 Å². The predicted octanol–water partition coefficient (Wildman–Crippen LogP) is 7.87. The molecule has 8 heteroatoms. The Balaban J connectivity index is 1.21. The monoisotopic (exact) mass is 596 g/mol. The number of carbonyl (C=O) groups is 2. The van der Waals surface area contributed by atoms with Crippen LogP contribution in [0.2, 0.25) is 0 Å². The Kier molecular flexibility index (Phi) is 10.1. The summed E-state index contributed by atoms with van der Waals surface area (Å²) >= 11 is 0. The van der Waals surface area contributed by atoms with Crippen molar-refractivity contribution in [2.24, 2.45) is 0 Å². The molecule has 230 valence electrons. The van der Waals surface area contributed by atoms with E-state index in [1.807, 2.05) is 63.2 Å². The lowest BCUT2D eigenvalue weighted by molar-refractivity contribution is -0.179. The molecule has 0 saturated carbocycles. The molecule has 1 aliphatic rings. The van der Waals surface area contributed by atoms with E-state index >= 15 is 0 Å². The smallest absolute Gasteiger partial charge is 0.449 e. The summed E-state index contributed by atoms with van der Waals surface area (Å²) in [4.78, 5) is 30.0. The second-order valence-corrected chi connectivity index (χ2v) is 12.0. The Hall–Kier alpha value is -4.40. The van der Waals surface area contributed by atoms with Crippen molar-refractivity contribution in [3.05, 3.63) is 114 Å². The zero-order chi connectivity index (χ0) is 30.9. The van der Waals surface area contributed by atoms with Gasteiger partial charge in [-0.1, -0.05) is 78.9 Å². The molecule has 1 fully saturated rings. The molecule has 0 radical (unpaired) electrons. The highest BCUT2D eigenvalue weighted by Crippen LogP contribution is 2.32. The molecule has 44 heavy (non-hydrogen) atoms. The molecule has 2 atom stereocenters. The molecule has 1 N–H and O–H groups in total. The molecule has 1 heterocycles. The molecule has 4 aromatic carbocycles. The number of nitrogens with zero attached hydrogens (tertiary/aromatic N) is 1. The van der Waals surface area contributed by atoms with E-state index in [0.717, 1.165) is 23.1 Å². The molecule has 1 aliphatic heterocycles. The largest absolute Gasteiger partial charge is 0.528 e. The number of nitrogens with one attached hydrogen (secondary N) is 1. The van der Waals surface area contributed by atoms with E-state index in [9.17, 15) is 9.59 Å². The summed E-state index contributed by atoms with van der Waals surface area (Å²) in [6.07, 6.45) is -0.0544. The molecule has 2 unspecified atom stereocenters. The van der Waals surface area contributed by atoms with Crippen molar-refractivity contribution < 1.29 is 28.6 Å². The van der Waals surface area contributed by atoms with Gasteiger partial charge in [-0.05, 0) is 72.9 Å². The van der Waals surface area contributed by atoms with Crippen LogP contribution in [0, 0.1) is 0 Å². The Bertz CT molecular complexity index is 1530. The van der Waals surface area contributed by atoms with E-state index in [-0.39, 0.29) is 18.6 Å². The fraction of sp³-hybridized carbons (Fsp3) is 0.333. The minimum atomic E-state index is -0.715. The van der Waals surface area contributed by atoms with Crippen molar-refractivity contribution in [2.75, 3.05) is 25.0 Å². The number of carbonyl (C=O) groups excluding carboxylic acids is 2. The van der Waals surface area contributed by atoms with Gasteiger partial charge < -0.3 is 19.0 Å². The van der Waals surface area contributed by atoms with E-state index in [4.69, 9.17) is 19.0 Å². The molecular formula is C36H40N2O6. The maximum absolute atomic E-state index is 12.4. The summed E-state index contributed by atoms with van der Waals surface area (Å²) in [5, 5.41) is 6.72. The predicted molar refractivity (Wildman–Crippen MR) is 170 cm³/mol. The lowest BCUT2D eigenvalue weighted by Gasteiger charge is -2.37. The minimum absolute atomic E-state index is 0.107. The highest BCUT2D eigenvalue weighted by atomic mass is 16.8. The van der Waals surface area contributed by atoms with E-state index in [1.54, 1.807) is 5.06 Å². The zero-order valence-corrected chi connectivity index (χ0v) is 25.5. The first-order valence-corrected chi connectivity index (χ1v) is 15.0. The van der Waals surface area contributed by atoms with Crippen molar-refractivity contribution in [3.8, 4) is 0 Å². The number of hydrogen-bond donors (Lipinski definition) is 1. The normalized spacial score (nSPS) is 17.2. The maximum atomic E-state index is 12.4. The fourth-order valence-corrected chi connectivity index (χ4v) is 5.30. The average molecular weight is 597 g/mol. The van der Waals surface area contributed by atoms with Crippen molar-refractivity contribution >= 4 is 28.7 Å². The van der Waals surface area contributed by atoms with Crippen molar-refractivity contribution in [2.45, 2.75) is 57.8 Å². The van der Waals surface area contributed by atoms with Crippen LogP contribution in [0.15, 0.2) is 97.1 Å². The molecule has 0 aromatic heterocycles. The van der Waals surface area contributed by atoms with Gasteiger partial charge in [0.25, 0.3) is 0 Å². The van der Waals surface area contributed by atoms with Gasteiger partial charge in [0.15, 0.2) is 0 Å². The molecule has 5 rings (SSSR count). The van der Waals surface area contributed by atoms with Gasteiger partial charge in [0.2, 0.25) is 0 Å². The summed E-state index contributed by atoms with van der Waals surface area (Å²) in [7, 11) is 0. The summed E-state index contributed by atoms with van der Waals surface area (Å²) in [5.74, 6) is 0.107. The Morgan fingerprint density at radius 1 is 0.864 bits per heavy atom. The standard InChI is InChI=1S/C36H40N2O6/c1-36(2,3)43-35(40)44-38-21-19-32(33(24-38)42-25-27-15-16-28-9-7-8-10-30(28)23-27)29-17-13-26(14-18-29)20-22-41-34(39)37-31-11-5-4-6-12-31/h4-18,23,32-33H,19-22,24-25H2,1-3H3,(H,37,39). The van der Waals surface area contributed by atoms with Crippen LogP contribution >= 0.6 is 0 Å². The summed E-state index contributed by atoms with van der Waals surface area (Å²) < 4.78 is 17.3. The van der Waals surface area contributed by atoms with Gasteiger partial charge in [-0.15, -0.1) is 5.06 Å². The van der Waals surface area contributed by atoms with Gasteiger partial charge in [-0.25, -0.2) is 9.59 Å². The molecule has 1 saturated heterocycles. The summed E-state index contributed by atoms with van der Waals surface area (Å²) in [6, 6.07) is 32.2. The van der Waals surface area contributed by atoms with E-state index in [2.05, 4.69) is 59.9 Å². The van der Waals surface area contributed by atoms with Crippen LogP contribution in [0.3, 0.4) is 0 Å². The van der Waals surface area contributed by atoms with Crippen LogP contribution in [-0.4, -0.2) is 48.7 Å². The Morgan fingerprint density at radius 2 is 1.57 bits per heavy atom. The number of hydrogen-bond acceptors (Lipinski definition) is 7. The van der Waals surface area contributed by atoms with Crippen molar-refractivity contribution in [3.63, 3.8) is 0 Å². The van der Waals surface area contributed by atoms with E-state index < -0.39 is 17.8 Å². The number of benzene rings is 4. The second kappa shape index (κ2) is 14.4. The van der Waals surface area contributed by atoms with Gasteiger partial charge >= 0.3 is 12.2 Å². The minimum Gasteiger partial charge on any atom is -0.449 e. The van der Waals surface area contributed by atoms with Crippen LogP contribution in [0.25, 0.3) is 10.8 Å². The molecule has 4 aromatic rings. The van der Waals surface area contributed by atoms with Gasteiger partial charge in [0.05, 0.1) is 25.9 Å². The van der Waals surface area contributed by atoms with E-state index in [1.165, 1.54) is 10.8 Å². The molecule has 1 amide bonds. The first-order chi connectivity index (χ1) is 21.2. The lowest BCUT2D eigenvalue weighted by Crippen LogP contribution is -2.45. The number of ether oxygens (including phenoxy) is 3. The lowest BCUT2D eigenvalue weighted by atomic mass is 9.87. The number of hydroxylamine groups is 2. The summed E-state index contributed by atoms with van der Waals surface area (Å²) in [6.45, 7) is 7.12. The van der Waals surface area contributed by atoms with Gasteiger partial charge in [-0.2, -0.15) is 0 Å². The first-order valence-electron chi connectivity index (χ1n) is 15.0. The number of rotatable bonds is 9. The molecule has 0 aliphatic carbocycles. The fourth-order valence-electron chi connectivity index (χ4n) is 5.30. The third-order valence-electron chi connectivity index (χ3n) is 7.44. The molecule has 8 nitrogen and oxygen atoms in total. The maximum Gasteiger partial charge on any atom is 0.528 e. The molecular weight excluding hydrogens is 556 g/mol. The van der Waals surface area contributed by atoms with Crippen LogP contribution in [-0.2, 0) is 32.1 Å². The van der Waals surface area contributed by atoms with Crippen molar-refractivity contribution in [1.29, 1.82) is 0 Å². The van der Waals surface area contributed by atoms with Crippen LogP contribution in [0.5, 0.6) is 0 Å². The number of piperidine rings is 1. The second-order valence-electron chi connectivity index (χ2n) is 12.0. The number of para-hydroxylation sites is 1. The molecule has 0 bridgehead atoms. The Morgan fingerprint density at radius 3 is 2.32 bits per heavy atom. The van der Waals surface area contributed by atoms with Gasteiger partial charge in [-0.3, -0.25) is 5.32 Å². The van der Waals surface area contributed by atoms with Gasteiger partial charge in [0, 0.05) is 24.6 Å². The SMILES string of the molecule is CC(C)(C)OC(=O)ON1CCC(c2ccc(CCOC(=O)Nc3ccccc3)cc2)C(OCc2ccc3ccccc3c2)C1. The number of amides is 1. The summed E-state index contributed by atoms with van der Waals surface area (Å²) in [5.41, 5.74) is 3.36. The first kappa shape index (κ1) is 31.0. The molecule has 0 spiro atoms. The average Bonchev–Trinajstić information content (AvgIpc) is 3.00. The zero-order valence-electron chi connectivity index (χ0n) is 25.5. The van der Waals surface area contributed by atoms with Crippen LogP contribution in [0.1, 0.15) is 49.8 Å². The third kappa shape index (κ3) is 9.05. The quantitative estimate of drug-likeness (QED) is 0.197. The Labute approximate surface area is 258 Å². The van der Waals surface area contributed by atoms with E-state index in [0.29, 0.717) is 31.8 Å². The highest BCUT2D eigenvalue weighted by molar-refractivity contribution is 5.84. The third-order valence-corrected chi connectivity index (χ3v) is 7.44. The number of anilines is 1. The van der Waals surface area contributed by atoms with Crippen LogP contribution in [0.4, 0.5) is 15.3 Å². The topological polar surface area (TPSA) is 86.3 Å². The highest BCUT2D eigenvalue weighted by Gasteiger charge is 2.34.